The van der Waals surface area contributed by atoms with Crippen molar-refractivity contribution >= 4 is 91.3 Å². The first kappa shape index (κ1) is 91.0. The predicted octanol–water partition coefficient (Wildman–Crippen LogP) is 13.4. The Morgan fingerprint density at radius 2 is 1.13 bits per heavy atom. The molecule has 5 amide bonds. The zero-order chi connectivity index (χ0) is 89.8. The number of aromatic amines is 1. The summed E-state index contributed by atoms with van der Waals surface area (Å²) in [5.41, 5.74) is 11.3. The second-order valence-electron chi connectivity index (χ2n) is 31.5. The highest BCUT2D eigenvalue weighted by molar-refractivity contribution is 6.31. The quantitative estimate of drug-likeness (QED) is 0.0408. The number of aromatic nitrogens is 8. The van der Waals surface area contributed by atoms with Crippen LogP contribution in [0.15, 0.2) is 206 Å². The van der Waals surface area contributed by atoms with Gasteiger partial charge in [0.15, 0.2) is 34.4 Å². The van der Waals surface area contributed by atoms with Crippen LogP contribution in [0.1, 0.15) is 81.3 Å². The fourth-order valence-corrected chi connectivity index (χ4v) is 15.4. The molecule has 0 saturated carbocycles. The summed E-state index contributed by atoms with van der Waals surface area (Å²) >= 11 is 6.23. The van der Waals surface area contributed by atoms with E-state index in [4.69, 9.17) is 34.4 Å². The summed E-state index contributed by atoms with van der Waals surface area (Å²) in [5.74, 6) is 3.21. The van der Waals surface area contributed by atoms with Crippen LogP contribution in [0.25, 0.3) is 44.5 Å². The largest absolute Gasteiger partial charge is 0.573 e. The molecule has 4 aliphatic rings. The molecular weight excluding hydrogens is 1670 g/mol. The van der Waals surface area contributed by atoms with Crippen LogP contribution in [0, 0.1) is 26.6 Å². The number of benzene rings is 8. The highest BCUT2D eigenvalue weighted by Crippen LogP contribution is 2.34. The Morgan fingerprint density at radius 3 is 1.75 bits per heavy atom. The number of hydrogen-bond acceptors (Lipinski definition) is 23. The molecule has 4 fully saturated rings. The van der Waals surface area contributed by atoms with Crippen LogP contribution in [-0.2, 0) is 45.2 Å². The molecule has 0 radical (unpaired) electrons. The molecule has 0 bridgehead atoms. The Labute approximate surface area is 740 Å². The van der Waals surface area contributed by atoms with Gasteiger partial charge in [0.05, 0.1) is 76.2 Å². The van der Waals surface area contributed by atoms with Gasteiger partial charge in [0.1, 0.15) is 28.4 Å². The Bertz CT molecular complexity index is 5950. The average molecular weight is 1770 g/mol. The van der Waals surface area contributed by atoms with Crippen LogP contribution in [0.4, 0.5) is 34.6 Å². The lowest BCUT2D eigenvalue weighted by molar-refractivity contribution is -0.274. The number of nitrogens with one attached hydrogen (secondary N) is 4. The van der Waals surface area contributed by atoms with E-state index in [1.165, 1.54) is 31.4 Å². The molecule has 35 heteroatoms. The number of amides is 5. The Hall–Kier alpha value is -13.3. The van der Waals surface area contributed by atoms with Gasteiger partial charge in [-0.2, -0.15) is 10.1 Å². The zero-order valence-electron chi connectivity index (χ0n) is 71.5. The number of halogens is 5. The molecule has 4 aliphatic heterocycles. The molecule has 9 heterocycles. The summed E-state index contributed by atoms with van der Waals surface area (Å²) in [4.78, 5) is 110. The van der Waals surface area contributed by atoms with E-state index in [-0.39, 0.29) is 59.1 Å². The fourth-order valence-electron chi connectivity index (χ4n) is 15.2. The Balaban J connectivity index is 0.000000138. The summed E-state index contributed by atoms with van der Waals surface area (Å²) in [5, 5.41) is 18.1. The molecule has 8 aromatic carbocycles. The lowest BCUT2D eigenvalue weighted by Gasteiger charge is -2.34. The van der Waals surface area contributed by atoms with Crippen LogP contribution < -0.4 is 35.7 Å². The van der Waals surface area contributed by atoms with Crippen LogP contribution >= 0.6 is 11.6 Å². The van der Waals surface area contributed by atoms with Gasteiger partial charge < -0.3 is 58.3 Å². The standard InChI is InChI=1S/C25H31N5O4.C23H21ClN4O2.C23H23F3N4O4.C22H24FN5O2/c1-16-6-5-7-19(17(16)2)27-24(31)15-30-10-8-29(9-11-30)14-23-26-20-13-22(34-4)21(33-3)12-18(20)25(32)28-23;24-19-6-2-1-5-17(19)14-28-15-18(13-25-28)23(29)27-11-9-16(10-12-27)22-26-20-7-3-4-8-21(20)30-22;24-23(25,26)34-17-7-5-16(6-8-17)27-20(31)15-29-11-13-30(14-12-29)22(32)10-9-21-28-18-3-1-2-4-19(18)33-21;1-16-2-8-19(9-3-16)24-20(29)14-27-10-12-28(13-11-27)15-21-25-22(26-30-21)17-4-6-18(23)7-5-17/h5-7,12-13H,8-11,14-15H2,1-4H3,(H,27,31)(H,26,28,32);1-8,13,15-16H,9-12,14H2;1-8H,9-15H2,(H,27,31);2-9H,10-15H2,1H3,(H,24,29). The summed E-state index contributed by atoms with van der Waals surface area (Å²) < 4.78 is 82.8. The number of piperidine rings is 1. The number of carbonyl (C=O) groups is 5. The van der Waals surface area contributed by atoms with Crippen molar-refractivity contribution in [2.24, 2.45) is 0 Å². The first-order chi connectivity index (χ1) is 61.8. The van der Waals surface area contributed by atoms with Crippen molar-refractivity contribution in [2.75, 3.05) is 141 Å². The van der Waals surface area contributed by atoms with Crippen molar-refractivity contribution in [2.45, 2.75) is 78.4 Å². The molecule has 668 valence electrons. The number of rotatable bonds is 24. The van der Waals surface area contributed by atoms with Crippen molar-refractivity contribution < 1.29 is 69.1 Å². The third-order valence-corrected chi connectivity index (χ3v) is 22.8. The van der Waals surface area contributed by atoms with E-state index >= 15 is 0 Å². The molecule has 17 rings (SSSR count). The van der Waals surface area contributed by atoms with Crippen LogP contribution in [0.3, 0.4) is 0 Å². The van der Waals surface area contributed by atoms with Gasteiger partial charge in [-0.25, -0.2) is 19.3 Å². The number of piperazine rings is 3. The topological polar surface area (TPSA) is 326 Å². The van der Waals surface area contributed by atoms with Gasteiger partial charge >= 0.3 is 6.36 Å². The van der Waals surface area contributed by atoms with Crippen LogP contribution in [-0.4, -0.2) is 236 Å². The molecule has 4 saturated heterocycles. The second-order valence-corrected chi connectivity index (χ2v) is 31.9. The van der Waals surface area contributed by atoms with Crippen molar-refractivity contribution in [1.82, 2.24) is 74.2 Å². The molecule has 13 aromatic rings. The molecular formula is C93H99ClF4N18O12. The minimum Gasteiger partial charge on any atom is -0.493 e. The third kappa shape index (κ3) is 25.3. The van der Waals surface area contributed by atoms with Crippen molar-refractivity contribution in [3.8, 4) is 28.6 Å². The number of methoxy groups -OCH3 is 2. The van der Waals surface area contributed by atoms with Crippen molar-refractivity contribution in [1.29, 1.82) is 0 Å². The smallest absolute Gasteiger partial charge is 0.493 e. The number of nitrogens with zero attached hydrogens (tertiary/aromatic N) is 14. The number of para-hydroxylation sites is 4. The predicted molar refractivity (Wildman–Crippen MR) is 475 cm³/mol. The molecule has 0 aliphatic carbocycles. The maximum atomic E-state index is 13.1. The number of ether oxygens (including phenoxy) is 3. The van der Waals surface area contributed by atoms with Gasteiger partial charge in [-0.05, 0) is 153 Å². The number of anilines is 3. The first-order valence-electron chi connectivity index (χ1n) is 42.1. The van der Waals surface area contributed by atoms with E-state index in [1.54, 1.807) is 53.4 Å². The normalized spacial score (nSPS) is 15.0. The number of likely N-dealkylation sites (tertiary alicyclic amines) is 1. The van der Waals surface area contributed by atoms with E-state index in [1.807, 2.05) is 146 Å². The fraction of sp³-hybridized carbons (Fsp3) is 0.333. The summed E-state index contributed by atoms with van der Waals surface area (Å²) in [6.07, 6.45) is 1.05. The van der Waals surface area contributed by atoms with Gasteiger partial charge in [-0.1, -0.05) is 89.1 Å². The van der Waals surface area contributed by atoms with Gasteiger partial charge in [-0.3, -0.25) is 57.9 Å². The third-order valence-electron chi connectivity index (χ3n) is 22.4. The molecule has 0 atom stereocenters. The highest BCUT2D eigenvalue weighted by atomic mass is 35.5. The van der Waals surface area contributed by atoms with Gasteiger partial charge in [0.25, 0.3) is 11.5 Å². The van der Waals surface area contributed by atoms with E-state index in [9.17, 15) is 46.3 Å². The van der Waals surface area contributed by atoms with Crippen molar-refractivity contribution in [3.63, 3.8) is 0 Å². The molecule has 0 unspecified atom stereocenters. The number of hydrogen-bond donors (Lipinski definition) is 4. The second kappa shape index (κ2) is 42.8. The van der Waals surface area contributed by atoms with Gasteiger partial charge in [0, 0.05) is 150 Å². The number of carbonyl (C=O) groups excluding carboxylic acids is 5. The maximum Gasteiger partial charge on any atom is 0.573 e. The molecule has 128 heavy (non-hydrogen) atoms. The number of oxazole rings is 2. The zero-order valence-corrected chi connectivity index (χ0v) is 72.3. The van der Waals surface area contributed by atoms with Gasteiger partial charge in [-0.15, -0.1) is 13.2 Å². The summed E-state index contributed by atoms with van der Waals surface area (Å²) in [7, 11) is 3.09. The maximum absolute atomic E-state index is 13.1. The number of aryl methyl sites for hydroxylation is 3. The average Bonchev–Trinajstić information content (AvgIpc) is 1.17. The minimum absolute atomic E-state index is 0.00635. The Kier molecular flexibility index (Phi) is 30.4. The highest BCUT2D eigenvalue weighted by Gasteiger charge is 2.33. The lowest BCUT2D eigenvalue weighted by Crippen LogP contribution is -2.50. The SMILES string of the molecule is COc1cc2nc(CN3CCN(CC(=O)Nc4cccc(C)c4C)CC3)[nH]c(=O)c2cc1OC.Cc1ccc(NC(=O)CN2CCN(Cc3nc(-c4ccc(F)cc4)no3)CC2)cc1.O=C(CN1CCN(C(=O)CCc2nc3ccccc3o2)CC1)Nc1ccc(OC(F)(F)F)cc1.O=C(c1cnn(Cc2ccccc2Cl)c1)N1CCC(c2nc3ccccc3o2)CC1. The van der Waals surface area contributed by atoms with Crippen LogP contribution in [0.5, 0.6) is 17.2 Å². The van der Waals surface area contributed by atoms with E-state index in [2.05, 4.69) is 75.5 Å². The summed E-state index contributed by atoms with van der Waals surface area (Å²) in [6.45, 7) is 18.3. The first-order valence-corrected chi connectivity index (χ1v) is 42.5. The molecule has 0 spiro atoms. The van der Waals surface area contributed by atoms with E-state index < -0.39 is 6.36 Å². The number of H-pyrrole nitrogens is 1. The molecule has 4 N–H and O–H groups in total. The van der Waals surface area contributed by atoms with Gasteiger partial charge in [0.2, 0.25) is 35.3 Å². The monoisotopic (exact) mass is 1770 g/mol. The summed E-state index contributed by atoms with van der Waals surface area (Å²) in [6, 6.07) is 50.9. The Morgan fingerprint density at radius 1 is 0.562 bits per heavy atom. The molecule has 5 aromatic heterocycles. The number of alkyl halides is 3. The van der Waals surface area contributed by atoms with E-state index in [0.717, 1.165) is 139 Å². The lowest BCUT2D eigenvalue weighted by atomic mass is 9.96. The van der Waals surface area contributed by atoms with Crippen LogP contribution in [0.2, 0.25) is 5.02 Å². The van der Waals surface area contributed by atoms with E-state index in [0.29, 0.717) is 153 Å². The van der Waals surface area contributed by atoms with Crippen molar-refractivity contribution in [3.05, 3.63) is 261 Å². The minimum atomic E-state index is -4.77. The number of fused-ring (bicyclic) bond motifs is 3. The molecule has 30 nitrogen and oxygen atoms in total.